The first-order valence-corrected chi connectivity index (χ1v) is 5.97. The van der Waals surface area contributed by atoms with Crippen molar-refractivity contribution in [3.63, 3.8) is 0 Å². The average molecular weight is 262 g/mol. The molecule has 0 aliphatic carbocycles. The molecule has 1 N–H and O–H groups in total. The molecule has 1 rings (SSSR count). The van der Waals surface area contributed by atoms with E-state index in [-0.39, 0.29) is 11.6 Å². The van der Waals surface area contributed by atoms with Crippen LogP contribution in [0.15, 0.2) is 30.3 Å². The second kappa shape index (κ2) is 7.41. The van der Waals surface area contributed by atoms with Gasteiger partial charge in [-0.3, -0.25) is 4.79 Å². The van der Waals surface area contributed by atoms with E-state index < -0.39 is 11.9 Å². The van der Waals surface area contributed by atoms with Gasteiger partial charge in [0.05, 0.1) is 12.7 Å². The summed E-state index contributed by atoms with van der Waals surface area (Å²) in [5.74, 6) is -1.64. The molecule has 1 aromatic rings. The highest BCUT2D eigenvalue weighted by Crippen LogP contribution is 2.03. The molecule has 0 fully saturated rings. The number of carbonyl (C=O) groups is 1. The Kier molecular flexibility index (Phi) is 5.81. The van der Waals surface area contributed by atoms with E-state index in [1.807, 2.05) is 36.4 Å². The monoisotopic (exact) mass is 262 g/mol. The first-order chi connectivity index (χ1) is 8.69. The van der Waals surface area contributed by atoms with Crippen molar-refractivity contribution < 1.29 is 9.53 Å². The van der Waals surface area contributed by atoms with Gasteiger partial charge in [-0.25, -0.2) is 0 Å². The molecule has 18 heavy (non-hydrogen) atoms. The molecule has 1 aromatic carbocycles. The number of thiocarbonyl (C=S) groups is 1. The number of esters is 1. The molecule has 94 valence electrons. The lowest BCUT2D eigenvalue weighted by atomic mass is 10.1. The first-order valence-electron chi connectivity index (χ1n) is 5.57. The van der Waals surface area contributed by atoms with Crippen LogP contribution in [0.4, 0.5) is 0 Å². The number of nitrogens with zero attached hydrogens (tertiary/aromatic N) is 1. The zero-order chi connectivity index (χ0) is 13.4. The Bertz CT molecular complexity index is 454. The minimum atomic E-state index is -1.04. The van der Waals surface area contributed by atoms with Gasteiger partial charge in [0.15, 0.2) is 5.92 Å². The smallest absolute Gasteiger partial charge is 0.330 e. The second-order valence-corrected chi connectivity index (χ2v) is 3.96. The van der Waals surface area contributed by atoms with E-state index in [2.05, 4.69) is 5.32 Å². The first kappa shape index (κ1) is 14.1. The van der Waals surface area contributed by atoms with Crippen molar-refractivity contribution in [3.8, 4) is 6.07 Å². The Hall–Kier alpha value is -1.93. The molecule has 0 saturated heterocycles. The molecule has 0 aromatic heterocycles. The highest BCUT2D eigenvalue weighted by molar-refractivity contribution is 7.80. The van der Waals surface area contributed by atoms with Gasteiger partial charge >= 0.3 is 5.97 Å². The van der Waals surface area contributed by atoms with Crippen LogP contribution in [0.1, 0.15) is 12.5 Å². The fourth-order valence-electron chi connectivity index (χ4n) is 1.33. The molecule has 0 spiro atoms. The van der Waals surface area contributed by atoms with E-state index in [0.717, 1.165) is 5.56 Å². The van der Waals surface area contributed by atoms with Gasteiger partial charge in [0, 0.05) is 6.54 Å². The van der Waals surface area contributed by atoms with Crippen LogP contribution >= 0.6 is 12.2 Å². The average Bonchev–Trinajstić information content (AvgIpc) is 2.39. The molecule has 0 radical (unpaired) electrons. The van der Waals surface area contributed by atoms with Gasteiger partial charge in [-0.15, -0.1) is 0 Å². The van der Waals surface area contributed by atoms with Crippen molar-refractivity contribution in [3.05, 3.63) is 35.9 Å². The number of nitrogens with one attached hydrogen (secondary N) is 1. The van der Waals surface area contributed by atoms with Crippen LogP contribution in [0.2, 0.25) is 0 Å². The Labute approximate surface area is 112 Å². The van der Waals surface area contributed by atoms with Crippen LogP contribution < -0.4 is 5.32 Å². The minimum absolute atomic E-state index is 0.194. The standard InChI is InChI=1S/C13H14N2O2S/c1-2-17-13(16)11(8-14)12(18)15-9-10-6-4-3-5-7-10/h3-7,11H,2,9H2,1H3,(H,15,18)/t11-/m0/s1. The van der Waals surface area contributed by atoms with Crippen molar-refractivity contribution in [2.24, 2.45) is 5.92 Å². The van der Waals surface area contributed by atoms with Crippen molar-refractivity contribution in [1.82, 2.24) is 5.32 Å². The largest absolute Gasteiger partial charge is 0.465 e. The Balaban J connectivity index is 2.54. The molecule has 0 amide bonds. The zero-order valence-electron chi connectivity index (χ0n) is 10.1. The second-order valence-electron chi connectivity index (χ2n) is 3.52. The number of hydrogen-bond acceptors (Lipinski definition) is 4. The SMILES string of the molecule is CCOC(=O)[C@@H](C#N)C(=S)NCc1ccccc1. The molecule has 0 unspecified atom stereocenters. The molecule has 0 saturated carbocycles. The Morgan fingerprint density at radius 3 is 2.72 bits per heavy atom. The van der Waals surface area contributed by atoms with Gasteiger partial charge in [0.2, 0.25) is 0 Å². The highest BCUT2D eigenvalue weighted by atomic mass is 32.1. The molecule has 5 heteroatoms. The fraction of sp³-hybridized carbons (Fsp3) is 0.308. The predicted octanol–water partition coefficient (Wildman–Crippen LogP) is 1.81. The van der Waals surface area contributed by atoms with Crippen molar-refractivity contribution in [2.75, 3.05) is 6.61 Å². The Morgan fingerprint density at radius 1 is 1.50 bits per heavy atom. The van der Waals surface area contributed by atoms with E-state index in [9.17, 15) is 4.79 Å². The van der Waals surface area contributed by atoms with E-state index in [1.165, 1.54) is 0 Å². The lowest BCUT2D eigenvalue weighted by molar-refractivity contribution is -0.143. The predicted molar refractivity (Wildman–Crippen MR) is 71.6 cm³/mol. The van der Waals surface area contributed by atoms with Crippen LogP contribution in [-0.4, -0.2) is 17.6 Å². The summed E-state index contributed by atoms with van der Waals surface area (Å²) in [4.78, 5) is 11.6. The summed E-state index contributed by atoms with van der Waals surface area (Å²) in [5.41, 5.74) is 1.03. The molecule has 0 bridgehead atoms. The fourth-order valence-corrected chi connectivity index (χ4v) is 1.55. The third-order valence-electron chi connectivity index (χ3n) is 2.22. The Morgan fingerprint density at radius 2 is 2.17 bits per heavy atom. The maximum Gasteiger partial charge on any atom is 0.330 e. The third-order valence-corrected chi connectivity index (χ3v) is 2.60. The number of ether oxygens (including phenoxy) is 1. The number of benzene rings is 1. The van der Waals surface area contributed by atoms with Crippen molar-refractivity contribution >= 4 is 23.2 Å². The maximum absolute atomic E-state index is 11.5. The third kappa shape index (κ3) is 4.15. The summed E-state index contributed by atoms with van der Waals surface area (Å²) in [5, 5.41) is 11.8. The van der Waals surface area contributed by atoms with Crippen molar-refractivity contribution in [2.45, 2.75) is 13.5 Å². The summed E-state index contributed by atoms with van der Waals surface area (Å²) in [6.45, 7) is 2.41. The highest BCUT2D eigenvalue weighted by Gasteiger charge is 2.23. The van der Waals surface area contributed by atoms with Crippen LogP contribution in [0.25, 0.3) is 0 Å². The van der Waals surface area contributed by atoms with Gasteiger partial charge in [-0.05, 0) is 12.5 Å². The summed E-state index contributed by atoms with van der Waals surface area (Å²) >= 11 is 5.03. The molecular formula is C13H14N2O2S. The molecule has 0 aliphatic rings. The van der Waals surface area contributed by atoms with Crippen LogP contribution in [0.5, 0.6) is 0 Å². The quantitative estimate of drug-likeness (QED) is 0.647. The van der Waals surface area contributed by atoms with Crippen LogP contribution in [0, 0.1) is 17.2 Å². The summed E-state index contributed by atoms with van der Waals surface area (Å²) in [7, 11) is 0. The maximum atomic E-state index is 11.5. The summed E-state index contributed by atoms with van der Waals surface area (Å²) in [6, 6.07) is 11.4. The number of nitriles is 1. The van der Waals surface area contributed by atoms with Gasteiger partial charge in [-0.2, -0.15) is 5.26 Å². The van der Waals surface area contributed by atoms with Gasteiger partial charge in [-0.1, -0.05) is 42.5 Å². The lowest BCUT2D eigenvalue weighted by Gasteiger charge is -2.12. The number of carbonyl (C=O) groups excluding carboxylic acids is 1. The summed E-state index contributed by atoms with van der Waals surface area (Å²) in [6.07, 6.45) is 0. The summed E-state index contributed by atoms with van der Waals surface area (Å²) < 4.78 is 4.78. The molecule has 4 nitrogen and oxygen atoms in total. The minimum Gasteiger partial charge on any atom is -0.465 e. The number of rotatable bonds is 5. The topological polar surface area (TPSA) is 62.1 Å². The normalized spacial score (nSPS) is 11.1. The van der Waals surface area contributed by atoms with Gasteiger partial charge in [0.1, 0.15) is 4.99 Å². The van der Waals surface area contributed by atoms with Gasteiger partial charge in [0.25, 0.3) is 0 Å². The molecule has 1 atom stereocenters. The molecule has 0 heterocycles. The number of hydrogen-bond donors (Lipinski definition) is 1. The molecular weight excluding hydrogens is 248 g/mol. The van der Waals surface area contributed by atoms with Crippen molar-refractivity contribution in [1.29, 1.82) is 5.26 Å². The van der Waals surface area contributed by atoms with Crippen LogP contribution in [-0.2, 0) is 16.1 Å². The van der Waals surface area contributed by atoms with E-state index in [1.54, 1.807) is 6.92 Å². The van der Waals surface area contributed by atoms with E-state index in [0.29, 0.717) is 6.54 Å². The van der Waals surface area contributed by atoms with E-state index >= 15 is 0 Å². The van der Waals surface area contributed by atoms with E-state index in [4.69, 9.17) is 22.2 Å². The van der Waals surface area contributed by atoms with Crippen LogP contribution in [0.3, 0.4) is 0 Å². The zero-order valence-corrected chi connectivity index (χ0v) is 10.9. The molecule has 0 aliphatic heterocycles. The van der Waals surface area contributed by atoms with Gasteiger partial charge < -0.3 is 10.1 Å². The lowest BCUT2D eigenvalue weighted by Crippen LogP contribution is -2.33.